The van der Waals surface area contributed by atoms with Crippen molar-refractivity contribution in [3.63, 3.8) is 0 Å². The van der Waals surface area contributed by atoms with Gasteiger partial charge in [-0.25, -0.2) is 9.78 Å². The maximum Gasteiger partial charge on any atom is 0.407 e. The van der Waals surface area contributed by atoms with Gasteiger partial charge >= 0.3 is 6.09 Å². The highest BCUT2D eigenvalue weighted by atomic mass is 16.5. The van der Waals surface area contributed by atoms with Gasteiger partial charge in [-0.1, -0.05) is 52.4 Å². The van der Waals surface area contributed by atoms with Gasteiger partial charge in [-0.2, -0.15) is 0 Å². The minimum atomic E-state index is -0.657. The van der Waals surface area contributed by atoms with Gasteiger partial charge in [0.05, 0.1) is 25.4 Å². The number of amides is 3. The molecule has 252 valence electrons. The Morgan fingerprint density at radius 3 is 2.12 bits per heavy atom. The molecule has 2 aromatic rings. The van der Waals surface area contributed by atoms with Gasteiger partial charge in [0.15, 0.2) is 0 Å². The predicted octanol–water partition coefficient (Wildman–Crippen LogP) is 5.22. The second-order valence-corrected chi connectivity index (χ2v) is 13.5. The molecule has 5 rings (SSSR count). The highest BCUT2D eigenvalue weighted by molar-refractivity contribution is 5.98. The summed E-state index contributed by atoms with van der Waals surface area (Å²) in [7, 11) is 1.29. The van der Waals surface area contributed by atoms with Crippen LogP contribution >= 0.6 is 0 Å². The summed E-state index contributed by atoms with van der Waals surface area (Å²) < 4.78 is 4.73. The third kappa shape index (κ3) is 7.99. The maximum absolute atomic E-state index is 13.4. The Morgan fingerprint density at radius 2 is 1.50 bits per heavy atom. The van der Waals surface area contributed by atoms with E-state index in [1.165, 1.54) is 7.11 Å². The molecule has 3 aliphatic rings. The molecule has 10 heteroatoms. The zero-order chi connectivity index (χ0) is 34.4. The zero-order valence-electron chi connectivity index (χ0n) is 28.8. The number of hydrogen-bond acceptors (Lipinski definition) is 6. The van der Waals surface area contributed by atoms with E-state index in [4.69, 9.17) is 4.74 Å². The van der Waals surface area contributed by atoms with Crippen LogP contribution in [0.4, 0.5) is 4.79 Å². The Kier molecular flexibility index (Phi) is 11.1. The molecule has 0 radical (unpaired) electrons. The number of rotatable bonds is 7. The van der Waals surface area contributed by atoms with Crippen LogP contribution in [-0.4, -0.2) is 75.7 Å². The first kappa shape index (κ1) is 34.5. The molecule has 0 saturated carbocycles. The molecule has 2 N–H and O–H groups in total. The molecular formula is C38H46N6O4. The highest BCUT2D eigenvalue weighted by Crippen LogP contribution is 2.32. The fourth-order valence-electron chi connectivity index (χ4n) is 6.34. The number of aromatic amines is 1. The SMILES string of the molecule is COC(=O)N[C@H](C(=O)N1CCC[C@H]1C1=NC=C(C#Cc2ccc(C#Cc3cnc([C@@H]4CCCN4C(=O)[C@@H](C)C(C)C)[nH]3)cc2)C1)C(C)C. The van der Waals surface area contributed by atoms with E-state index in [2.05, 4.69) is 57.8 Å². The molecule has 0 bridgehead atoms. The number of carbonyl (C=O) groups excluding carboxylic acids is 3. The molecular weight excluding hydrogens is 604 g/mol. The molecule has 0 aliphatic carbocycles. The Labute approximate surface area is 283 Å². The number of imidazole rings is 1. The number of carbonyl (C=O) groups is 3. The molecule has 2 saturated heterocycles. The smallest absolute Gasteiger partial charge is 0.407 e. The number of methoxy groups -OCH3 is 1. The van der Waals surface area contributed by atoms with Crippen LogP contribution in [0, 0.1) is 41.4 Å². The van der Waals surface area contributed by atoms with Crippen molar-refractivity contribution in [1.29, 1.82) is 0 Å². The summed E-state index contributed by atoms with van der Waals surface area (Å²) in [6.07, 6.45) is 7.10. The molecule has 10 nitrogen and oxygen atoms in total. The molecule has 0 spiro atoms. The highest BCUT2D eigenvalue weighted by Gasteiger charge is 2.38. The van der Waals surface area contributed by atoms with Crippen molar-refractivity contribution < 1.29 is 19.1 Å². The quantitative estimate of drug-likeness (QED) is 0.399. The van der Waals surface area contributed by atoms with Crippen LogP contribution in [-0.2, 0) is 14.3 Å². The summed E-state index contributed by atoms with van der Waals surface area (Å²) in [6, 6.07) is 6.99. The fraction of sp³-hybridized carbons (Fsp3) is 0.500. The molecule has 4 atom stereocenters. The first-order chi connectivity index (χ1) is 23.0. The molecule has 3 amide bonds. The van der Waals surface area contributed by atoms with Gasteiger partial charge in [-0.15, -0.1) is 0 Å². The van der Waals surface area contributed by atoms with Crippen LogP contribution < -0.4 is 5.32 Å². The molecule has 3 aliphatic heterocycles. The molecule has 48 heavy (non-hydrogen) atoms. The Balaban J connectivity index is 1.16. The number of benzene rings is 1. The number of alkyl carbamates (subject to hydrolysis) is 1. The van der Waals surface area contributed by atoms with E-state index in [1.54, 1.807) is 12.4 Å². The lowest BCUT2D eigenvalue weighted by Crippen LogP contribution is -2.53. The fourth-order valence-corrected chi connectivity index (χ4v) is 6.34. The predicted molar refractivity (Wildman–Crippen MR) is 185 cm³/mol. The summed E-state index contributed by atoms with van der Waals surface area (Å²) in [5, 5.41) is 2.69. The summed E-state index contributed by atoms with van der Waals surface area (Å²) in [5.41, 5.74) is 4.27. The number of nitrogens with one attached hydrogen (secondary N) is 2. The number of ether oxygens (including phenoxy) is 1. The van der Waals surface area contributed by atoms with Gasteiger partial charge in [-0.3, -0.25) is 14.6 Å². The van der Waals surface area contributed by atoms with E-state index in [0.29, 0.717) is 18.9 Å². The van der Waals surface area contributed by atoms with Crippen LogP contribution in [0.25, 0.3) is 0 Å². The molecule has 4 heterocycles. The van der Waals surface area contributed by atoms with Crippen LogP contribution in [0.3, 0.4) is 0 Å². The van der Waals surface area contributed by atoms with Gasteiger partial charge in [0.1, 0.15) is 17.6 Å². The summed E-state index contributed by atoms with van der Waals surface area (Å²) in [4.78, 5) is 54.6. The first-order valence-electron chi connectivity index (χ1n) is 17.0. The number of likely N-dealkylation sites (tertiary alicyclic amines) is 2. The first-order valence-corrected chi connectivity index (χ1v) is 17.0. The van der Waals surface area contributed by atoms with Crippen molar-refractivity contribution >= 4 is 23.6 Å². The minimum absolute atomic E-state index is 0.0183. The van der Waals surface area contributed by atoms with E-state index in [0.717, 1.165) is 66.2 Å². The minimum Gasteiger partial charge on any atom is -0.453 e. The lowest BCUT2D eigenvalue weighted by molar-refractivity contribution is -0.137. The lowest BCUT2D eigenvalue weighted by atomic mass is 9.96. The maximum atomic E-state index is 13.4. The number of nitrogens with zero attached hydrogens (tertiary/aromatic N) is 4. The van der Waals surface area contributed by atoms with Crippen LogP contribution in [0.5, 0.6) is 0 Å². The van der Waals surface area contributed by atoms with E-state index < -0.39 is 12.1 Å². The van der Waals surface area contributed by atoms with E-state index in [-0.39, 0.29) is 35.7 Å². The van der Waals surface area contributed by atoms with Crippen molar-refractivity contribution in [3.05, 3.63) is 64.9 Å². The molecule has 1 aromatic carbocycles. The van der Waals surface area contributed by atoms with Crippen LogP contribution in [0.2, 0.25) is 0 Å². The number of hydrogen-bond donors (Lipinski definition) is 2. The van der Waals surface area contributed by atoms with Crippen LogP contribution in [0.15, 0.2) is 47.2 Å². The number of H-pyrrole nitrogens is 1. The number of aromatic nitrogens is 2. The van der Waals surface area contributed by atoms with Gasteiger partial charge in [-0.05, 0) is 67.7 Å². The van der Waals surface area contributed by atoms with Crippen molar-refractivity contribution in [2.45, 2.75) is 84.8 Å². The Bertz CT molecular complexity index is 1700. The normalized spacial score (nSPS) is 20.0. The topological polar surface area (TPSA) is 120 Å². The van der Waals surface area contributed by atoms with Crippen molar-refractivity contribution in [2.24, 2.45) is 22.7 Å². The molecule has 1 aromatic heterocycles. The van der Waals surface area contributed by atoms with Gasteiger partial charge < -0.3 is 24.8 Å². The molecule has 2 fully saturated rings. The number of allylic oxidation sites excluding steroid dienone is 1. The second-order valence-electron chi connectivity index (χ2n) is 13.5. The third-order valence-corrected chi connectivity index (χ3v) is 9.50. The average Bonchev–Trinajstić information content (AvgIpc) is 3.91. The van der Waals surface area contributed by atoms with Gasteiger partial charge in [0, 0.05) is 54.0 Å². The van der Waals surface area contributed by atoms with Crippen LogP contribution in [0.1, 0.15) is 95.4 Å². The monoisotopic (exact) mass is 650 g/mol. The summed E-state index contributed by atoms with van der Waals surface area (Å²) >= 11 is 0. The average molecular weight is 651 g/mol. The lowest BCUT2D eigenvalue weighted by Gasteiger charge is -2.31. The standard InChI is InChI=1S/C38H46N6O4/c1-24(2)26(5)36(45)44-20-8-10-33(44)35-40-23-30(41-35)18-17-28-13-11-27(12-14-28)15-16-29-21-31(39-22-29)32-9-7-19-43(32)37(46)34(25(3)4)42-38(47)48-6/h11-14,22-26,32-34H,7-10,19-21H2,1-6H3,(H,40,41)(H,42,47)/t26-,32-,33-,34-/m0/s1. The zero-order valence-corrected chi connectivity index (χ0v) is 28.8. The second kappa shape index (κ2) is 15.4. The Morgan fingerprint density at radius 1 is 0.875 bits per heavy atom. The Hall–Kier alpha value is -4.83. The van der Waals surface area contributed by atoms with Crippen molar-refractivity contribution in [3.8, 4) is 23.7 Å². The molecule has 0 unspecified atom stereocenters. The van der Waals surface area contributed by atoms with E-state index >= 15 is 0 Å². The number of aliphatic imine (C=N–C) groups is 1. The summed E-state index contributed by atoms with van der Waals surface area (Å²) in [6.45, 7) is 11.4. The largest absolute Gasteiger partial charge is 0.453 e. The third-order valence-electron chi connectivity index (χ3n) is 9.50. The van der Waals surface area contributed by atoms with Crippen molar-refractivity contribution in [1.82, 2.24) is 25.1 Å². The summed E-state index contributed by atoms with van der Waals surface area (Å²) in [5.74, 6) is 13.9. The van der Waals surface area contributed by atoms with E-state index in [9.17, 15) is 14.4 Å². The van der Waals surface area contributed by atoms with Gasteiger partial charge in [0.2, 0.25) is 11.8 Å². The van der Waals surface area contributed by atoms with Gasteiger partial charge in [0.25, 0.3) is 0 Å². The van der Waals surface area contributed by atoms with Crippen molar-refractivity contribution in [2.75, 3.05) is 20.2 Å². The van der Waals surface area contributed by atoms with E-state index in [1.807, 2.05) is 54.8 Å².